The second-order valence-corrected chi connectivity index (χ2v) is 11.3. The van der Waals surface area contributed by atoms with Crippen LogP contribution in [-0.4, -0.2) is 59.7 Å². The Morgan fingerprint density at radius 2 is 1.02 bits per heavy atom. The van der Waals surface area contributed by atoms with Crippen molar-refractivity contribution >= 4 is 11.9 Å². The SMILES string of the molecule is CCC(CO)CC(CC)COC(=O)CCC(C)(C#N)N=NC(C)(C#N)CCC(=O)OCC(CC)CC(CC)CO. The van der Waals surface area contributed by atoms with E-state index in [1.165, 1.54) is 0 Å². The van der Waals surface area contributed by atoms with Crippen molar-refractivity contribution in [2.24, 2.45) is 33.9 Å². The van der Waals surface area contributed by atoms with Crippen molar-refractivity contribution in [3.05, 3.63) is 0 Å². The predicted molar refractivity (Wildman–Crippen MR) is 152 cm³/mol. The Bertz CT molecular complexity index is 778. The van der Waals surface area contributed by atoms with Gasteiger partial charge in [-0.05, 0) is 63.2 Å². The molecule has 0 aromatic heterocycles. The van der Waals surface area contributed by atoms with Crippen LogP contribution in [-0.2, 0) is 19.1 Å². The van der Waals surface area contributed by atoms with Gasteiger partial charge in [-0.2, -0.15) is 20.8 Å². The van der Waals surface area contributed by atoms with E-state index >= 15 is 0 Å². The first-order valence-electron chi connectivity index (χ1n) is 14.8. The molecule has 6 atom stereocenters. The highest BCUT2D eigenvalue weighted by Gasteiger charge is 2.30. The number of rotatable bonds is 22. The van der Waals surface area contributed by atoms with E-state index in [9.17, 15) is 30.3 Å². The number of esters is 2. The first-order chi connectivity index (χ1) is 19.0. The maximum Gasteiger partial charge on any atom is 0.305 e. The monoisotopic (exact) mass is 564 g/mol. The Labute approximate surface area is 241 Å². The molecule has 0 aliphatic carbocycles. The summed E-state index contributed by atoms with van der Waals surface area (Å²) < 4.78 is 10.8. The first-order valence-corrected chi connectivity index (χ1v) is 14.8. The Morgan fingerprint density at radius 3 is 1.27 bits per heavy atom. The van der Waals surface area contributed by atoms with E-state index in [0.717, 1.165) is 38.5 Å². The topological polar surface area (TPSA) is 165 Å². The Hall–Kier alpha value is -2.56. The minimum absolute atomic E-state index is 0.0277. The smallest absolute Gasteiger partial charge is 0.305 e. The lowest BCUT2D eigenvalue weighted by atomic mass is 9.92. The maximum absolute atomic E-state index is 12.3. The molecule has 0 fully saturated rings. The van der Waals surface area contributed by atoms with Crippen LogP contribution in [0.2, 0.25) is 0 Å². The summed E-state index contributed by atoms with van der Waals surface area (Å²) in [5.74, 6) is -0.192. The van der Waals surface area contributed by atoms with Crippen molar-refractivity contribution in [2.45, 2.75) is 117 Å². The van der Waals surface area contributed by atoms with Gasteiger partial charge in [0.05, 0.1) is 25.4 Å². The summed E-state index contributed by atoms with van der Waals surface area (Å²) in [7, 11) is 0. The number of nitrogens with zero attached hydrogens (tertiary/aromatic N) is 4. The summed E-state index contributed by atoms with van der Waals surface area (Å²) in [6.45, 7) is 11.9. The quantitative estimate of drug-likeness (QED) is 0.128. The van der Waals surface area contributed by atoms with Crippen LogP contribution in [0.15, 0.2) is 10.2 Å². The molecule has 2 N–H and O–H groups in total. The summed E-state index contributed by atoms with van der Waals surface area (Å²) in [6.07, 6.45) is 5.04. The van der Waals surface area contributed by atoms with Crippen molar-refractivity contribution in [3.8, 4) is 12.1 Å². The van der Waals surface area contributed by atoms with Gasteiger partial charge in [0.2, 0.25) is 0 Å². The molecule has 0 aromatic rings. The highest BCUT2D eigenvalue weighted by molar-refractivity contribution is 5.70. The zero-order chi connectivity index (χ0) is 30.6. The van der Waals surface area contributed by atoms with Crippen LogP contribution in [0.3, 0.4) is 0 Å². The molecule has 0 aliphatic rings. The third-order valence-corrected chi connectivity index (χ3v) is 7.72. The summed E-state index contributed by atoms with van der Waals surface area (Å²) in [5.41, 5.74) is -2.66. The molecule has 0 bridgehead atoms. The molecule has 0 amide bonds. The molecule has 0 saturated heterocycles. The number of hydrogen-bond donors (Lipinski definition) is 2. The van der Waals surface area contributed by atoms with Crippen molar-refractivity contribution in [1.82, 2.24) is 0 Å². The zero-order valence-corrected chi connectivity index (χ0v) is 25.5. The normalized spacial score (nSPS) is 17.4. The standard InChI is InChI=1S/C30H52N4O6/c1-7-23(17-35)15-25(9-3)19-39-27(37)11-13-29(5,21-31)33-34-30(6,22-32)14-12-28(38)40-20-26(10-4)16-24(8-2)18-36/h23-26,35-36H,7-20H2,1-6H3. The molecule has 0 rings (SSSR count). The average molecular weight is 565 g/mol. The number of aliphatic hydroxyl groups excluding tert-OH is 2. The fraction of sp³-hybridized carbons (Fsp3) is 0.867. The van der Waals surface area contributed by atoms with E-state index in [4.69, 9.17) is 9.47 Å². The maximum atomic E-state index is 12.3. The number of carbonyl (C=O) groups excluding carboxylic acids is 2. The molecule has 10 heteroatoms. The minimum atomic E-state index is -1.33. The van der Waals surface area contributed by atoms with Gasteiger partial charge in [0.1, 0.15) is 0 Å². The number of nitriles is 2. The third-order valence-electron chi connectivity index (χ3n) is 7.72. The molecule has 0 saturated carbocycles. The van der Waals surface area contributed by atoms with Gasteiger partial charge >= 0.3 is 11.9 Å². The lowest BCUT2D eigenvalue weighted by Crippen LogP contribution is -2.26. The number of carbonyl (C=O) groups is 2. The van der Waals surface area contributed by atoms with Gasteiger partial charge in [-0.25, -0.2) is 0 Å². The number of aliphatic hydroxyl groups is 2. The molecular weight excluding hydrogens is 512 g/mol. The van der Waals surface area contributed by atoms with Crippen LogP contribution in [0.5, 0.6) is 0 Å². The lowest BCUT2D eigenvalue weighted by molar-refractivity contribution is -0.146. The lowest BCUT2D eigenvalue weighted by Gasteiger charge is -2.21. The fourth-order valence-corrected chi connectivity index (χ4v) is 4.12. The van der Waals surface area contributed by atoms with Gasteiger partial charge in [-0.1, -0.05) is 53.4 Å². The van der Waals surface area contributed by atoms with Crippen molar-refractivity contribution in [1.29, 1.82) is 10.5 Å². The van der Waals surface area contributed by atoms with Gasteiger partial charge in [0, 0.05) is 26.1 Å². The number of azo groups is 1. The Balaban J connectivity index is 4.88. The molecule has 10 nitrogen and oxygen atoms in total. The summed E-state index contributed by atoms with van der Waals surface area (Å²) in [5, 5.41) is 46.4. The van der Waals surface area contributed by atoms with E-state index in [1.807, 2.05) is 27.7 Å². The largest absolute Gasteiger partial charge is 0.465 e. The minimum Gasteiger partial charge on any atom is -0.465 e. The number of hydrogen-bond acceptors (Lipinski definition) is 10. The van der Waals surface area contributed by atoms with Crippen LogP contribution < -0.4 is 0 Å². The molecular formula is C30H52N4O6. The second kappa shape index (κ2) is 20.3. The molecule has 0 spiro atoms. The van der Waals surface area contributed by atoms with Crippen LogP contribution in [0.4, 0.5) is 0 Å². The molecule has 6 unspecified atom stereocenters. The van der Waals surface area contributed by atoms with Crippen LogP contribution >= 0.6 is 0 Å². The second-order valence-electron chi connectivity index (χ2n) is 11.3. The highest BCUT2D eigenvalue weighted by atomic mass is 16.5. The van der Waals surface area contributed by atoms with Gasteiger partial charge in [-0.3, -0.25) is 9.59 Å². The third kappa shape index (κ3) is 15.3. The van der Waals surface area contributed by atoms with Crippen LogP contribution in [0, 0.1) is 46.3 Å². The summed E-state index contributed by atoms with van der Waals surface area (Å²) in [6, 6.07) is 4.12. The van der Waals surface area contributed by atoms with E-state index < -0.39 is 23.0 Å². The first kappa shape index (κ1) is 37.4. The Morgan fingerprint density at radius 1 is 0.700 bits per heavy atom. The summed E-state index contributed by atoms with van der Waals surface area (Å²) in [4.78, 5) is 24.7. The predicted octanol–water partition coefficient (Wildman–Crippen LogP) is 5.52. The van der Waals surface area contributed by atoms with Gasteiger partial charge < -0.3 is 19.7 Å². The van der Waals surface area contributed by atoms with E-state index in [2.05, 4.69) is 22.4 Å². The molecule has 40 heavy (non-hydrogen) atoms. The van der Waals surface area contributed by atoms with Crippen LogP contribution in [0.25, 0.3) is 0 Å². The van der Waals surface area contributed by atoms with Gasteiger partial charge in [-0.15, -0.1) is 0 Å². The van der Waals surface area contributed by atoms with Gasteiger partial charge in [0.15, 0.2) is 11.1 Å². The Kier molecular flexibility index (Phi) is 19.0. The van der Waals surface area contributed by atoms with Gasteiger partial charge in [0.25, 0.3) is 0 Å². The van der Waals surface area contributed by atoms with E-state index in [1.54, 1.807) is 13.8 Å². The number of ether oxygens (including phenoxy) is 2. The molecule has 0 aromatic carbocycles. The molecule has 0 heterocycles. The zero-order valence-electron chi connectivity index (χ0n) is 25.5. The van der Waals surface area contributed by atoms with Crippen LogP contribution in [0.1, 0.15) is 106 Å². The highest BCUT2D eigenvalue weighted by Crippen LogP contribution is 2.25. The van der Waals surface area contributed by atoms with E-state index in [0.29, 0.717) is 0 Å². The molecule has 0 aliphatic heterocycles. The molecule has 228 valence electrons. The molecule has 0 radical (unpaired) electrons. The van der Waals surface area contributed by atoms with E-state index in [-0.39, 0.29) is 75.8 Å². The summed E-state index contributed by atoms with van der Waals surface area (Å²) >= 11 is 0. The van der Waals surface area contributed by atoms with Crippen molar-refractivity contribution in [2.75, 3.05) is 26.4 Å². The van der Waals surface area contributed by atoms with Crippen molar-refractivity contribution < 1.29 is 29.3 Å². The fourth-order valence-electron chi connectivity index (χ4n) is 4.12. The average Bonchev–Trinajstić information content (AvgIpc) is 2.98. The van der Waals surface area contributed by atoms with Crippen molar-refractivity contribution in [3.63, 3.8) is 0 Å².